The lowest BCUT2D eigenvalue weighted by atomic mass is 9.40. The predicted molar refractivity (Wildman–Crippen MR) is 245 cm³/mol. The van der Waals surface area contributed by atoms with E-state index in [9.17, 15) is 30.3 Å². The summed E-state index contributed by atoms with van der Waals surface area (Å²) in [5.41, 5.74) is 4.69. The fourth-order valence-electron chi connectivity index (χ4n) is 12.2. The number of aliphatic hydroxyl groups is 5. The molecule has 10 atom stereocenters. The molecule has 1 aromatic rings. The van der Waals surface area contributed by atoms with E-state index in [0.717, 1.165) is 73.6 Å². The first-order chi connectivity index (χ1) is 29.8. The average Bonchev–Trinajstić information content (AvgIpc) is 3.61. The van der Waals surface area contributed by atoms with Gasteiger partial charge in [0.05, 0.1) is 31.5 Å². The number of aliphatic hydroxyl groups excluding tert-OH is 4. The Labute approximate surface area is 371 Å². The monoisotopic (exact) mass is 857 g/mol. The van der Waals surface area contributed by atoms with E-state index in [1.54, 1.807) is 7.11 Å². The quantitative estimate of drug-likeness (QED) is 0.0540. The maximum Gasteiger partial charge on any atom is 0.146 e. The van der Waals surface area contributed by atoms with Gasteiger partial charge in [0.25, 0.3) is 0 Å². The Bertz CT molecular complexity index is 1870. The Morgan fingerprint density at radius 3 is 2.73 bits per heavy atom. The molecule has 1 aliphatic heterocycles. The molecule has 4 aliphatic carbocycles. The topological polar surface area (TPSA) is 161 Å². The van der Waals surface area contributed by atoms with Crippen molar-refractivity contribution in [3.05, 3.63) is 106 Å². The molecule has 6 rings (SSSR count). The Kier molecular flexibility index (Phi) is 16.6. The van der Waals surface area contributed by atoms with Crippen molar-refractivity contribution in [3.8, 4) is 0 Å². The van der Waals surface area contributed by atoms with Gasteiger partial charge in [0.2, 0.25) is 0 Å². The molecular formula is C52H76N2O8. The largest absolute Gasteiger partial charge is 0.396 e. The van der Waals surface area contributed by atoms with Crippen LogP contribution >= 0.6 is 0 Å². The van der Waals surface area contributed by atoms with Crippen LogP contribution in [0.25, 0.3) is 0 Å². The standard InChI is InChI=1S/C52H76N2O8/c1-36-14-15-41(28-38-10-7-11-39(27-38)29-49(3,54-30-36)23-26-61-5)37(2)9-6-12-43(33-62-34-44(58)32-57)45-17-21-52(48(45)59)47-40(18-25-55)16-20-50(35-51(52,60)22-24-53-4)19-8-13-42(31-56)46(47)50/h6-7,9-12,14,16,20,27,31,40-41,44-45,47-48,53-55,57-60H,2,8,13,15,17-19,21-26,28-30,32-35H2,1,3-5H3. The van der Waals surface area contributed by atoms with Crippen molar-refractivity contribution in [3.63, 3.8) is 0 Å². The van der Waals surface area contributed by atoms with E-state index in [0.29, 0.717) is 51.7 Å². The molecule has 2 fully saturated rings. The van der Waals surface area contributed by atoms with Gasteiger partial charge in [-0.2, -0.15) is 0 Å². The van der Waals surface area contributed by atoms with Gasteiger partial charge in [-0.15, -0.1) is 0 Å². The number of benzene rings is 1. The third-order valence-electron chi connectivity index (χ3n) is 15.4. The summed E-state index contributed by atoms with van der Waals surface area (Å²) in [6.45, 7) is 10.7. The summed E-state index contributed by atoms with van der Waals surface area (Å²) in [6.07, 6.45) is 20.1. The molecule has 4 bridgehead atoms. The van der Waals surface area contributed by atoms with E-state index < -0.39 is 41.2 Å². The molecule has 1 heterocycles. The normalized spacial score (nSPS) is 34.4. The molecule has 0 aromatic heterocycles. The van der Waals surface area contributed by atoms with Gasteiger partial charge >= 0.3 is 0 Å². The first-order valence-corrected chi connectivity index (χ1v) is 23.3. The number of rotatable bonds is 18. The second-order valence-electron chi connectivity index (χ2n) is 19.6. The summed E-state index contributed by atoms with van der Waals surface area (Å²) >= 11 is 0. The second kappa shape index (κ2) is 21.3. The van der Waals surface area contributed by atoms with Crippen molar-refractivity contribution in [1.29, 1.82) is 0 Å². The van der Waals surface area contributed by atoms with Crippen LogP contribution in [0.2, 0.25) is 0 Å². The Balaban J connectivity index is 1.34. The minimum Gasteiger partial charge on any atom is -0.396 e. The Hall–Kier alpha value is -3.03. The molecule has 1 spiro atoms. The SMILES string of the molecule is C=C(C=CC=C(COCC(O)CO)C1CCC2(C1O)C1C3=C(C=O)CCCC3(C=CC1CCO)CC2(O)CCNC)C1CC=C(C)CNC(C)(CCOC)Cc2cccc(c2)C1. The van der Waals surface area contributed by atoms with Gasteiger partial charge in [0.15, 0.2) is 0 Å². The Morgan fingerprint density at radius 2 is 1.98 bits per heavy atom. The number of carbonyl (C=O) groups excluding carboxylic acids is 1. The van der Waals surface area contributed by atoms with Crippen LogP contribution in [0.5, 0.6) is 0 Å². The number of carbonyl (C=O) groups is 1. The summed E-state index contributed by atoms with van der Waals surface area (Å²) < 4.78 is 11.5. The van der Waals surface area contributed by atoms with E-state index in [1.165, 1.54) is 16.7 Å². The van der Waals surface area contributed by atoms with Crippen LogP contribution in [0.15, 0.2) is 95.2 Å². The number of hydrogen-bond acceptors (Lipinski definition) is 10. The fourth-order valence-corrected chi connectivity index (χ4v) is 12.2. The zero-order valence-electron chi connectivity index (χ0n) is 37.9. The van der Waals surface area contributed by atoms with Crippen LogP contribution in [0.4, 0.5) is 0 Å². The van der Waals surface area contributed by atoms with Crippen LogP contribution in [-0.2, 0) is 27.1 Å². The van der Waals surface area contributed by atoms with Crippen LogP contribution in [-0.4, -0.2) is 115 Å². The van der Waals surface area contributed by atoms with Crippen LogP contribution < -0.4 is 10.6 Å². The number of allylic oxidation sites excluding steroid dienone is 9. The molecule has 0 saturated heterocycles. The molecule has 7 N–H and O–H groups in total. The van der Waals surface area contributed by atoms with Gasteiger partial charge < -0.3 is 45.6 Å². The van der Waals surface area contributed by atoms with Crippen molar-refractivity contribution < 1.29 is 39.8 Å². The third kappa shape index (κ3) is 10.2. The van der Waals surface area contributed by atoms with Gasteiger partial charge in [0, 0.05) is 49.2 Å². The van der Waals surface area contributed by atoms with Crippen molar-refractivity contribution in [2.24, 2.45) is 34.5 Å². The molecule has 62 heavy (non-hydrogen) atoms. The highest BCUT2D eigenvalue weighted by Crippen LogP contribution is 2.72. The number of ether oxygens (including phenoxy) is 2. The van der Waals surface area contributed by atoms with Gasteiger partial charge in [-0.3, -0.25) is 4.79 Å². The van der Waals surface area contributed by atoms with Crippen molar-refractivity contribution in [1.82, 2.24) is 10.6 Å². The second-order valence-corrected chi connectivity index (χ2v) is 19.6. The van der Waals surface area contributed by atoms with Gasteiger partial charge in [-0.05, 0) is 150 Å². The molecule has 0 amide bonds. The highest BCUT2D eigenvalue weighted by Gasteiger charge is 2.71. The van der Waals surface area contributed by atoms with E-state index >= 15 is 0 Å². The van der Waals surface area contributed by atoms with Crippen LogP contribution in [0, 0.1) is 34.5 Å². The van der Waals surface area contributed by atoms with E-state index in [4.69, 9.17) is 9.47 Å². The van der Waals surface area contributed by atoms with Gasteiger partial charge in [-0.25, -0.2) is 0 Å². The van der Waals surface area contributed by atoms with E-state index in [-0.39, 0.29) is 43.1 Å². The number of hydrogen-bond donors (Lipinski definition) is 7. The summed E-state index contributed by atoms with van der Waals surface area (Å²) in [5, 5.41) is 63.6. The molecule has 1 aromatic carbocycles. The lowest BCUT2D eigenvalue weighted by molar-refractivity contribution is -0.207. The number of fused-ring (bicyclic) bond motifs is 3. The molecule has 10 heteroatoms. The molecule has 342 valence electrons. The van der Waals surface area contributed by atoms with Crippen molar-refractivity contribution in [2.45, 2.75) is 114 Å². The maximum atomic E-state index is 13.3. The van der Waals surface area contributed by atoms with Crippen LogP contribution in [0.1, 0.15) is 89.2 Å². The highest BCUT2D eigenvalue weighted by molar-refractivity contribution is 5.77. The molecule has 10 nitrogen and oxygen atoms in total. The average molecular weight is 857 g/mol. The fraction of sp³-hybridized carbons (Fsp3) is 0.635. The zero-order valence-corrected chi connectivity index (χ0v) is 37.9. The molecule has 2 saturated carbocycles. The lowest BCUT2D eigenvalue weighted by Gasteiger charge is -2.66. The summed E-state index contributed by atoms with van der Waals surface area (Å²) in [6, 6.07) is 8.88. The predicted octanol–water partition coefficient (Wildman–Crippen LogP) is 5.88. The maximum absolute atomic E-state index is 13.3. The van der Waals surface area contributed by atoms with Crippen LogP contribution in [0.3, 0.4) is 0 Å². The minimum absolute atomic E-state index is 0.0411. The molecule has 0 radical (unpaired) electrons. The first kappa shape index (κ1) is 48.4. The van der Waals surface area contributed by atoms with Crippen molar-refractivity contribution >= 4 is 6.29 Å². The minimum atomic E-state index is -1.26. The first-order valence-electron chi connectivity index (χ1n) is 23.3. The molecule has 10 unspecified atom stereocenters. The smallest absolute Gasteiger partial charge is 0.146 e. The number of aldehydes is 1. The number of nitrogens with one attached hydrogen (secondary N) is 2. The van der Waals surface area contributed by atoms with E-state index in [1.807, 2.05) is 19.2 Å². The highest BCUT2D eigenvalue weighted by atomic mass is 16.5. The molecular weight excluding hydrogens is 781 g/mol. The molecule has 5 aliphatic rings. The summed E-state index contributed by atoms with van der Waals surface area (Å²) in [5.74, 6) is -0.728. The number of methoxy groups -OCH3 is 1. The third-order valence-corrected chi connectivity index (χ3v) is 15.4. The summed E-state index contributed by atoms with van der Waals surface area (Å²) in [7, 11) is 3.63. The van der Waals surface area contributed by atoms with E-state index in [2.05, 4.69) is 79.6 Å². The Morgan fingerprint density at radius 1 is 1.18 bits per heavy atom. The van der Waals surface area contributed by atoms with Gasteiger partial charge in [0.1, 0.15) is 12.4 Å². The summed E-state index contributed by atoms with van der Waals surface area (Å²) in [4.78, 5) is 12.8. The zero-order chi connectivity index (χ0) is 44.5. The lowest BCUT2D eigenvalue weighted by Crippen LogP contribution is -2.67. The van der Waals surface area contributed by atoms with Gasteiger partial charge in [-0.1, -0.05) is 78.4 Å². The van der Waals surface area contributed by atoms with Crippen molar-refractivity contribution in [2.75, 3.05) is 60.3 Å².